The van der Waals surface area contributed by atoms with Gasteiger partial charge in [0.05, 0.1) is 12.2 Å². The van der Waals surface area contributed by atoms with Crippen molar-refractivity contribution in [1.29, 1.82) is 0 Å². The molecule has 9 heteroatoms. The molecule has 0 saturated carbocycles. The van der Waals surface area contributed by atoms with Gasteiger partial charge < -0.3 is 10.1 Å². The third-order valence-corrected chi connectivity index (χ3v) is 4.32. The van der Waals surface area contributed by atoms with Crippen molar-refractivity contribution in [2.75, 3.05) is 11.9 Å². The minimum absolute atomic E-state index is 0.116. The van der Waals surface area contributed by atoms with Crippen molar-refractivity contribution in [2.45, 2.75) is 13.5 Å². The van der Waals surface area contributed by atoms with Gasteiger partial charge in [-0.15, -0.1) is 5.10 Å². The van der Waals surface area contributed by atoms with Crippen LogP contribution < -0.4 is 10.1 Å². The molecule has 0 fully saturated rings. The molecular weight excluding hydrogens is 370 g/mol. The van der Waals surface area contributed by atoms with Gasteiger partial charge in [0.15, 0.2) is 12.4 Å². The SMILES string of the molecule is Cc1ccccc1Cn1ccc(NC(=O)COc2ccc(-n3cnnn3)cc2)n1. The quantitative estimate of drug-likeness (QED) is 0.520. The lowest BCUT2D eigenvalue weighted by Crippen LogP contribution is -2.20. The van der Waals surface area contributed by atoms with E-state index in [1.807, 2.05) is 18.3 Å². The summed E-state index contributed by atoms with van der Waals surface area (Å²) < 4.78 is 8.84. The third-order valence-electron chi connectivity index (χ3n) is 4.32. The van der Waals surface area contributed by atoms with Crippen LogP contribution in [0.15, 0.2) is 67.1 Å². The van der Waals surface area contributed by atoms with Gasteiger partial charge in [0, 0.05) is 12.3 Å². The largest absolute Gasteiger partial charge is 0.484 e. The number of tetrazole rings is 1. The van der Waals surface area contributed by atoms with E-state index in [4.69, 9.17) is 4.74 Å². The number of nitrogens with one attached hydrogen (secondary N) is 1. The summed E-state index contributed by atoms with van der Waals surface area (Å²) in [5.41, 5.74) is 3.18. The molecule has 0 bridgehead atoms. The Labute approximate surface area is 166 Å². The molecule has 0 aliphatic rings. The highest BCUT2D eigenvalue weighted by Crippen LogP contribution is 2.14. The number of nitrogens with zero attached hydrogens (tertiary/aromatic N) is 6. The Hall–Kier alpha value is -4.01. The molecule has 2 aromatic carbocycles. The van der Waals surface area contributed by atoms with E-state index >= 15 is 0 Å². The summed E-state index contributed by atoms with van der Waals surface area (Å²) >= 11 is 0. The Balaban J connectivity index is 1.29. The van der Waals surface area contributed by atoms with Crippen molar-refractivity contribution < 1.29 is 9.53 Å². The van der Waals surface area contributed by atoms with E-state index in [2.05, 4.69) is 45.0 Å². The molecule has 1 amide bonds. The van der Waals surface area contributed by atoms with Crippen molar-refractivity contribution in [1.82, 2.24) is 30.0 Å². The molecule has 2 aromatic heterocycles. The monoisotopic (exact) mass is 389 g/mol. The number of anilines is 1. The third kappa shape index (κ3) is 4.64. The molecule has 0 saturated heterocycles. The second kappa shape index (κ2) is 8.34. The van der Waals surface area contributed by atoms with Crippen LogP contribution >= 0.6 is 0 Å². The number of amides is 1. The average Bonchev–Trinajstić information content (AvgIpc) is 3.41. The van der Waals surface area contributed by atoms with Gasteiger partial charge in [-0.2, -0.15) is 5.10 Å². The van der Waals surface area contributed by atoms with Gasteiger partial charge >= 0.3 is 0 Å². The first-order valence-electron chi connectivity index (χ1n) is 9.01. The van der Waals surface area contributed by atoms with Gasteiger partial charge in [-0.25, -0.2) is 4.68 Å². The number of ether oxygens (including phenoxy) is 1. The molecule has 4 aromatic rings. The summed E-state index contributed by atoms with van der Waals surface area (Å²) in [4.78, 5) is 12.1. The second-order valence-corrected chi connectivity index (χ2v) is 6.41. The lowest BCUT2D eigenvalue weighted by atomic mass is 10.1. The van der Waals surface area contributed by atoms with E-state index in [0.29, 0.717) is 18.1 Å². The molecule has 0 unspecified atom stereocenters. The Morgan fingerprint density at radius 1 is 1.10 bits per heavy atom. The Kier molecular flexibility index (Phi) is 5.28. The summed E-state index contributed by atoms with van der Waals surface area (Å²) in [6, 6.07) is 17.0. The summed E-state index contributed by atoms with van der Waals surface area (Å²) in [5.74, 6) is 0.777. The first-order chi connectivity index (χ1) is 14.2. The normalized spacial score (nSPS) is 10.7. The zero-order chi connectivity index (χ0) is 20.1. The lowest BCUT2D eigenvalue weighted by molar-refractivity contribution is -0.118. The van der Waals surface area contributed by atoms with Crippen LogP contribution in [0.25, 0.3) is 5.69 Å². The zero-order valence-corrected chi connectivity index (χ0v) is 15.8. The molecule has 9 nitrogen and oxygen atoms in total. The summed E-state index contributed by atoms with van der Waals surface area (Å²) in [6.45, 7) is 2.59. The second-order valence-electron chi connectivity index (χ2n) is 6.41. The summed E-state index contributed by atoms with van der Waals surface area (Å²) in [5, 5.41) is 18.1. The number of aromatic nitrogens is 6. The fourth-order valence-corrected chi connectivity index (χ4v) is 2.78. The van der Waals surface area contributed by atoms with Crippen LogP contribution in [0.3, 0.4) is 0 Å². The number of hydrogen-bond donors (Lipinski definition) is 1. The predicted molar refractivity (Wildman–Crippen MR) is 106 cm³/mol. The fraction of sp³-hybridized carbons (Fsp3) is 0.150. The number of carbonyl (C=O) groups excluding carboxylic acids is 1. The van der Waals surface area contributed by atoms with Crippen LogP contribution in [0, 0.1) is 6.92 Å². The van der Waals surface area contributed by atoms with Crippen molar-refractivity contribution >= 4 is 11.7 Å². The average molecular weight is 389 g/mol. The molecule has 0 spiro atoms. The van der Waals surface area contributed by atoms with E-state index in [1.165, 1.54) is 22.1 Å². The fourth-order valence-electron chi connectivity index (χ4n) is 2.78. The van der Waals surface area contributed by atoms with Crippen LogP contribution in [-0.4, -0.2) is 42.5 Å². The van der Waals surface area contributed by atoms with E-state index < -0.39 is 0 Å². The smallest absolute Gasteiger partial charge is 0.263 e. The van der Waals surface area contributed by atoms with E-state index in [-0.39, 0.29) is 12.5 Å². The standard InChI is InChI=1S/C20H19N7O2/c1-15-4-2-3-5-16(15)12-26-11-10-19(23-26)22-20(28)13-29-18-8-6-17(7-9-18)27-14-21-24-25-27/h2-11,14H,12-13H2,1H3,(H,22,23,28). The topological polar surface area (TPSA) is 99.8 Å². The molecule has 0 atom stereocenters. The lowest BCUT2D eigenvalue weighted by Gasteiger charge is -2.07. The number of benzene rings is 2. The molecular formula is C20H19N7O2. The molecule has 1 N–H and O–H groups in total. The Morgan fingerprint density at radius 3 is 2.69 bits per heavy atom. The van der Waals surface area contributed by atoms with Crippen LogP contribution in [0.4, 0.5) is 5.82 Å². The molecule has 2 heterocycles. The van der Waals surface area contributed by atoms with Crippen molar-refractivity contribution in [2.24, 2.45) is 0 Å². The van der Waals surface area contributed by atoms with E-state index in [0.717, 1.165) is 5.69 Å². The minimum atomic E-state index is -0.282. The number of carbonyl (C=O) groups is 1. The van der Waals surface area contributed by atoms with Crippen LogP contribution in [0.2, 0.25) is 0 Å². The molecule has 0 aliphatic carbocycles. The van der Waals surface area contributed by atoms with Gasteiger partial charge in [-0.05, 0) is 52.7 Å². The molecule has 4 rings (SSSR count). The van der Waals surface area contributed by atoms with E-state index in [9.17, 15) is 4.79 Å². The maximum atomic E-state index is 12.1. The van der Waals surface area contributed by atoms with Crippen molar-refractivity contribution in [3.8, 4) is 11.4 Å². The number of hydrogen-bond acceptors (Lipinski definition) is 6. The number of aryl methyl sites for hydroxylation is 1. The maximum absolute atomic E-state index is 12.1. The highest BCUT2D eigenvalue weighted by atomic mass is 16.5. The molecule has 146 valence electrons. The molecule has 29 heavy (non-hydrogen) atoms. The zero-order valence-electron chi connectivity index (χ0n) is 15.8. The van der Waals surface area contributed by atoms with Crippen LogP contribution in [0.1, 0.15) is 11.1 Å². The molecule has 0 radical (unpaired) electrons. The Bertz CT molecular complexity index is 1090. The Morgan fingerprint density at radius 2 is 1.93 bits per heavy atom. The van der Waals surface area contributed by atoms with Crippen molar-refractivity contribution in [3.05, 3.63) is 78.2 Å². The first-order valence-corrected chi connectivity index (χ1v) is 9.01. The maximum Gasteiger partial charge on any atom is 0.263 e. The minimum Gasteiger partial charge on any atom is -0.484 e. The van der Waals surface area contributed by atoms with Gasteiger partial charge in [0.25, 0.3) is 5.91 Å². The van der Waals surface area contributed by atoms with E-state index in [1.54, 1.807) is 35.0 Å². The van der Waals surface area contributed by atoms with Crippen molar-refractivity contribution in [3.63, 3.8) is 0 Å². The highest BCUT2D eigenvalue weighted by Gasteiger charge is 2.08. The summed E-state index contributed by atoms with van der Waals surface area (Å²) in [7, 11) is 0. The predicted octanol–water partition coefficient (Wildman–Crippen LogP) is 2.23. The van der Waals surface area contributed by atoms with Gasteiger partial charge in [0.1, 0.15) is 12.1 Å². The van der Waals surface area contributed by atoms with Gasteiger partial charge in [-0.1, -0.05) is 24.3 Å². The summed E-state index contributed by atoms with van der Waals surface area (Å²) in [6.07, 6.45) is 3.34. The first kappa shape index (κ1) is 18.4. The van der Waals surface area contributed by atoms with Crippen LogP contribution in [0.5, 0.6) is 5.75 Å². The van der Waals surface area contributed by atoms with Gasteiger partial charge in [-0.3, -0.25) is 9.48 Å². The number of rotatable bonds is 7. The van der Waals surface area contributed by atoms with Crippen LogP contribution in [-0.2, 0) is 11.3 Å². The molecule has 0 aliphatic heterocycles. The highest BCUT2D eigenvalue weighted by molar-refractivity contribution is 5.90. The van der Waals surface area contributed by atoms with Gasteiger partial charge in [0.2, 0.25) is 0 Å².